The van der Waals surface area contributed by atoms with Gasteiger partial charge in [0.2, 0.25) is 5.91 Å². The smallest absolute Gasteiger partial charge is 0.413 e. The van der Waals surface area contributed by atoms with E-state index in [1.165, 1.54) is 10.2 Å². The Morgan fingerprint density at radius 3 is 2.43 bits per heavy atom. The summed E-state index contributed by atoms with van der Waals surface area (Å²) in [6.07, 6.45) is 1.85. The maximum absolute atomic E-state index is 13.0. The van der Waals surface area contributed by atoms with Crippen LogP contribution in [0.25, 0.3) is 0 Å². The molecule has 3 rings (SSSR count). The number of hydrogen-bond acceptors (Lipinski definition) is 6. The highest BCUT2D eigenvalue weighted by Gasteiger charge is 2.17. The van der Waals surface area contributed by atoms with Crippen molar-refractivity contribution in [3.05, 3.63) is 93.0 Å². The van der Waals surface area contributed by atoms with Gasteiger partial charge < -0.3 is 15.5 Å². The fraction of sp³-hybridized carbons (Fsp3) is 0.357. The average molecular weight is 506 g/mol. The predicted octanol–water partition coefficient (Wildman–Crippen LogP) is 3.85. The molecule has 2 aromatic heterocycles. The van der Waals surface area contributed by atoms with Gasteiger partial charge in [0.1, 0.15) is 11.4 Å². The molecule has 1 aromatic carbocycles. The zero-order valence-corrected chi connectivity index (χ0v) is 22.1. The van der Waals surface area contributed by atoms with E-state index in [9.17, 15) is 14.4 Å². The summed E-state index contributed by atoms with van der Waals surface area (Å²) in [6.45, 7) is 9.80. The molecule has 196 valence electrons. The first-order valence-electron chi connectivity index (χ1n) is 12.2. The van der Waals surface area contributed by atoms with Gasteiger partial charge in [-0.15, -0.1) is 0 Å². The maximum Gasteiger partial charge on any atom is 0.413 e. The van der Waals surface area contributed by atoms with Gasteiger partial charge >= 0.3 is 6.09 Å². The minimum absolute atomic E-state index is 0.0311. The Morgan fingerprint density at radius 2 is 1.76 bits per heavy atom. The number of benzene rings is 1. The first kappa shape index (κ1) is 27.4. The Hall–Kier alpha value is -4.14. The van der Waals surface area contributed by atoms with Crippen LogP contribution >= 0.6 is 0 Å². The Kier molecular flexibility index (Phi) is 9.05. The molecule has 3 N–H and O–H groups in total. The highest BCUT2D eigenvalue weighted by molar-refractivity contribution is 5.83. The molecule has 0 saturated carbocycles. The summed E-state index contributed by atoms with van der Waals surface area (Å²) in [6, 6.07) is 15.3. The van der Waals surface area contributed by atoms with E-state index in [2.05, 4.69) is 21.0 Å². The third-order valence-corrected chi connectivity index (χ3v) is 5.60. The first-order valence-corrected chi connectivity index (χ1v) is 12.2. The molecule has 0 atom stereocenters. The van der Waals surface area contributed by atoms with Gasteiger partial charge in [-0.3, -0.25) is 14.9 Å². The molecule has 2 heterocycles. The number of ether oxygens (including phenoxy) is 1. The van der Waals surface area contributed by atoms with Crippen molar-refractivity contribution in [2.24, 2.45) is 0 Å². The standard InChI is InChI=1S/C28H35N5O4/c1-19-14-16-33(30-15-13-21-9-7-6-8-10-21)26(35)23(19)17-25(34)29-18-22-11-12-24(31-20(22)2)32-27(36)37-28(3,4)5/h6-12,14,16,30H,13,15,17-18H2,1-5H3,(H,29,34)(H,31,32,36). The third kappa shape index (κ3) is 8.49. The highest BCUT2D eigenvalue weighted by Crippen LogP contribution is 2.13. The van der Waals surface area contributed by atoms with Crippen LogP contribution in [0.4, 0.5) is 10.6 Å². The molecule has 0 radical (unpaired) electrons. The lowest BCUT2D eigenvalue weighted by Gasteiger charge is -2.19. The van der Waals surface area contributed by atoms with E-state index >= 15 is 0 Å². The van der Waals surface area contributed by atoms with Crippen LogP contribution in [-0.4, -0.2) is 33.8 Å². The molecule has 2 amide bonds. The molecular weight excluding hydrogens is 470 g/mol. The summed E-state index contributed by atoms with van der Waals surface area (Å²) in [4.78, 5) is 42.0. The topological polar surface area (TPSA) is 114 Å². The van der Waals surface area contributed by atoms with Gasteiger partial charge in [0.05, 0.1) is 6.42 Å². The largest absolute Gasteiger partial charge is 0.444 e. The quantitative estimate of drug-likeness (QED) is 0.407. The molecule has 0 spiro atoms. The van der Waals surface area contributed by atoms with E-state index in [1.807, 2.05) is 43.3 Å². The van der Waals surface area contributed by atoms with E-state index in [-0.39, 0.29) is 24.4 Å². The lowest BCUT2D eigenvalue weighted by atomic mass is 10.1. The van der Waals surface area contributed by atoms with E-state index in [0.717, 1.165) is 17.5 Å². The Balaban J connectivity index is 1.56. The lowest BCUT2D eigenvalue weighted by molar-refractivity contribution is -0.120. The van der Waals surface area contributed by atoms with Crippen molar-refractivity contribution in [1.29, 1.82) is 0 Å². The monoisotopic (exact) mass is 505 g/mol. The third-order valence-electron chi connectivity index (χ3n) is 5.60. The predicted molar refractivity (Wildman–Crippen MR) is 144 cm³/mol. The molecule has 9 heteroatoms. The number of anilines is 1. The van der Waals surface area contributed by atoms with Gasteiger partial charge in [-0.1, -0.05) is 36.4 Å². The summed E-state index contributed by atoms with van der Waals surface area (Å²) in [7, 11) is 0. The summed E-state index contributed by atoms with van der Waals surface area (Å²) < 4.78 is 6.67. The number of nitrogens with zero attached hydrogens (tertiary/aromatic N) is 2. The van der Waals surface area contributed by atoms with Crippen LogP contribution in [0.15, 0.2) is 59.5 Å². The molecular formula is C28H35N5O4. The van der Waals surface area contributed by atoms with Crippen molar-refractivity contribution < 1.29 is 14.3 Å². The Labute approximate surface area is 217 Å². The number of pyridine rings is 2. The molecule has 0 saturated heterocycles. The van der Waals surface area contributed by atoms with Crippen molar-refractivity contribution in [2.45, 2.75) is 59.6 Å². The fourth-order valence-electron chi connectivity index (χ4n) is 3.64. The van der Waals surface area contributed by atoms with E-state index < -0.39 is 11.7 Å². The zero-order valence-electron chi connectivity index (χ0n) is 22.1. The van der Waals surface area contributed by atoms with Gasteiger partial charge in [0.25, 0.3) is 5.56 Å². The number of aryl methyl sites for hydroxylation is 2. The van der Waals surface area contributed by atoms with Crippen molar-refractivity contribution >= 4 is 17.8 Å². The molecule has 0 unspecified atom stereocenters. The van der Waals surface area contributed by atoms with Crippen LogP contribution in [0.5, 0.6) is 0 Å². The molecule has 0 fully saturated rings. The average Bonchev–Trinajstić information content (AvgIpc) is 2.82. The van der Waals surface area contributed by atoms with Crippen LogP contribution in [0.1, 0.15) is 48.7 Å². The van der Waals surface area contributed by atoms with Gasteiger partial charge in [-0.05, 0) is 69.9 Å². The second-order valence-corrected chi connectivity index (χ2v) is 9.82. The molecule has 3 aromatic rings. The number of nitrogens with one attached hydrogen (secondary N) is 3. The van der Waals surface area contributed by atoms with Crippen LogP contribution in [0.2, 0.25) is 0 Å². The molecule has 37 heavy (non-hydrogen) atoms. The second kappa shape index (κ2) is 12.2. The van der Waals surface area contributed by atoms with E-state index in [0.29, 0.717) is 23.6 Å². The van der Waals surface area contributed by atoms with Gasteiger partial charge in [-0.2, -0.15) is 0 Å². The van der Waals surface area contributed by atoms with E-state index in [1.54, 1.807) is 46.0 Å². The molecule has 0 aliphatic heterocycles. The van der Waals surface area contributed by atoms with Crippen LogP contribution in [0, 0.1) is 13.8 Å². The SMILES string of the molecule is Cc1ccn(NCCc2ccccc2)c(=O)c1CC(=O)NCc1ccc(NC(=O)OC(C)(C)C)nc1C. The number of aromatic nitrogens is 2. The fourth-order valence-corrected chi connectivity index (χ4v) is 3.64. The summed E-state index contributed by atoms with van der Waals surface area (Å²) in [5, 5.41) is 5.46. The molecule has 0 aliphatic carbocycles. The number of carbonyl (C=O) groups excluding carboxylic acids is 2. The van der Waals surface area contributed by atoms with Crippen LogP contribution in [0.3, 0.4) is 0 Å². The van der Waals surface area contributed by atoms with Crippen LogP contribution < -0.4 is 21.6 Å². The van der Waals surface area contributed by atoms with Crippen molar-refractivity contribution in [1.82, 2.24) is 15.0 Å². The van der Waals surface area contributed by atoms with Gasteiger partial charge in [0.15, 0.2) is 0 Å². The molecule has 0 aliphatic rings. The number of amides is 2. The minimum atomic E-state index is -0.609. The number of rotatable bonds is 9. The van der Waals surface area contributed by atoms with Gasteiger partial charge in [0, 0.05) is 30.5 Å². The molecule has 9 nitrogen and oxygen atoms in total. The first-order chi connectivity index (χ1) is 17.5. The lowest BCUT2D eigenvalue weighted by Crippen LogP contribution is -2.35. The minimum Gasteiger partial charge on any atom is -0.444 e. The Bertz CT molecular complexity index is 1300. The Morgan fingerprint density at radius 1 is 1.03 bits per heavy atom. The normalized spacial score (nSPS) is 11.1. The summed E-state index contributed by atoms with van der Waals surface area (Å²) in [5.74, 6) is 0.0969. The van der Waals surface area contributed by atoms with Crippen molar-refractivity contribution in [3.63, 3.8) is 0 Å². The summed E-state index contributed by atoms with van der Waals surface area (Å²) in [5.41, 5.74) is 6.12. The van der Waals surface area contributed by atoms with Gasteiger partial charge in [-0.25, -0.2) is 14.5 Å². The van der Waals surface area contributed by atoms with Crippen LogP contribution in [-0.2, 0) is 28.9 Å². The van der Waals surface area contributed by atoms with Crippen molar-refractivity contribution in [2.75, 3.05) is 17.3 Å². The van der Waals surface area contributed by atoms with E-state index in [4.69, 9.17) is 4.74 Å². The zero-order chi connectivity index (χ0) is 27.0. The molecule has 0 bridgehead atoms. The number of hydrogen-bond donors (Lipinski definition) is 3. The van der Waals surface area contributed by atoms with Crippen molar-refractivity contribution in [3.8, 4) is 0 Å². The highest BCUT2D eigenvalue weighted by atomic mass is 16.6. The maximum atomic E-state index is 13.0. The second-order valence-electron chi connectivity index (χ2n) is 9.82. The number of carbonyl (C=O) groups is 2. The summed E-state index contributed by atoms with van der Waals surface area (Å²) >= 11 is 0.